The van der Waals surface area contributed by atoms with E-state index in [0.29, 0.717) is 13.2 Å². The van der Waals surface area contributed by atoms with Gasteiger partial charge >= 0.3 is 0 Å². The molecule has 0 unspecified atom stereocenters. The van der Waals surface area contributed by atoms with E-state index in [-0.39, 0.29) is 0 Å². The van der Waals surface area contributed by atoms with Crippen molar-refractivity contribution in [3.63, 3.8) is 0 Å². The number of hydrogen-bond donors (Lipinski definition) is 1. The molecule has 3 rings (SSSR count). The number of nitrogens with one attached hydrogen (secondary N) is 1. The molecule has 0 saturated carbocycles. The highest BCUT2D eigenvalue weighted by Crippen LogP contribution is 2.31. The summed E-state index contributed by atoms with van der Waals surface area (Å²) >= 11 is 3.55. The van der Waals surface area contributed by atoms with Crippen molar-refractivity contribution in [2.45, 2.75) is 13.3 Å². The third-order valence-corrected chi connectivity index (χ3v) is 4.40. The summed E-state index contributed by atoms with van der Waals surface area (Å²) in [6.45, 7) is 4.11. The fourth-order valence-electron chi connectivity index (χ4n) is 2.23. The fraction of sp³-hybridized carbons (Fsp3) is 0.312. The van der Waals surface area contributed by atoms with Crippen LogP contribution in [0, 0.1) is 6.92 Å². The topological polar surface area (TPSA) is 43.4 Å². The number of fused-ring (bicyclic) bond motifs is 1. The molecule has 110 valence electrons. The van der Waals surface area contributed by atoms with Crippen LogP contribution in [0.3, 0.4) is 0 Å². The van der Waals surface area contributed by atoms with E-state index >= 15 is 0 Å². The van der Waals surface area contributed by atoms with E-state index in [1.807, 2.05) is 18.3 Å². The van der Waals surface area contributed by atoms with Crippen LogP contribution in [0.25, 0.3) is 0 Å². The molecule has 5 heteroatoms. The smallest absolute Gasteiger partial charge is 0.161 e. The Morgan fingerprint density at radius 3 is 2.86 bits per heavy atom. The number of rotatable bonds is 4. The van der Waals surface area contributed by atoms with Crippen LogP contribution in [0.5, 0.6) is 11.5 Å². The van der Waals surface area contributed by atoms with E-state index in [2.05, 4.69) is 45.3 Å². The Bertz CT molecular complexity index is 646. The number of benzene rings is 1. The first-order valence-corrected chi connectivity index (χ1v) is 7.77. The Labute approximate surface area is 132 Å². The number of pyridine rings is 1. The average Bonchev–Trinajstić information content (AvgIpc) is 2.51. The second-order valence-corrected chi connectivity index (χ2v) is 5.74. The summed E-state index contributed by atoms with van der Waals surface area (Å²) < 4.78 is 12.1. The van der Waals surface area contributed by atoms with Crippen molar-refractivity contribution in [1.29, 1.82) is 0 Å². The average molecular weight is 349 g/mol. The number of hydrogen-bond acceptors (Lipinski definition) is 4. The van der Waals surface area contributed by atoms with Crippen molar-refractivity contribution >= 4 is 21.7 Å². The summed E-state index contributed by atoms with van der Waals surface area (Å²) in [4.78, 5) is 4.34. The first-order chi connectivity index (χ1) is 10.2. The molecule has 0 radical (unpaired) electrons. The molecular weight excluding hydrogens is 332 g/mol. The first-order valence-electron chi connectivity index (χ1n) is 6.97. The highest BCUT2D eigenvalue weighted by molar-refractivity contribution is 9.10. The van der Waals surface area contributed by atoms with Crippen molar-refractivity contribution < 1.29 is 9.47 Å². The molecule has 2 aromatic rings. The Morgan fingerprint density at radius 1 is 1.19 bits per heavy atom. The summed E-state index contributed by atoms with van der Waals surface area (Å²) in [6, 6.07) is 8.09. The number of halogens is 1. The zero-order valence-electron chi connectivity index (χ0n) is 11.9. The summed E-state index contributed by atoms with van der Waals surface area (Å²) in [5.74, 6) is 2.56. The normalized spacial score (nSPS) is 13.0. The lowest BCUT2D eigenvalue weighted by atomic mass is 10.1. The van der Waals surface area contributed by atoms with Gasteiger partial charge in [-0.25, -0.2) is 4.98 Å². The molecule has 4 nitrogen and oxygen atoms in total. The number of anilines is 1. The quantitative estimate of drug-likeness (QED) is 0.916. The lowest BCUT2D eigenvalue weighted by Gasteiger charge is -2.19. The lowest BCUT2D eigenvalue weighted by Crippen LogP contribution is -2.15. The van der Waals surface area contributed by atoms with Gasteiger partial charge in [-0.1, -0.05) is 6.07 Å². The predicted molar refractivity (Wildman–Crippen MR) is 86.3 cm³/mol. The van der Waals surface area contributed by atoms with Crippen LogP contribution >= 0.6 is 15.9 Å². The minimum atomic E-state index is 0.620. The van der Waals surface area contributed by atoms with Crippen LogP contribution in [0.4, 0.5) is 5.82 Å². The molecule has 1 aliphatic rings. The first kappa shape index (κ1) is 14.2. The largest absolute Gasteiger partial charge is 0.486 e. The maximum absolute atomic E-state index is 5.60. The predicted octanol–water partition coefficient (Wildman–Crippen LogP) is 3.58. The van der Waals surface area contributed by atoms with Gasteiger partial charge in [0.25, 0.3) is 0 Å². The van der Waals surface area contributed by atoms with E-state index in [4.69, 9.17) is 9.47 Å². The summed E-state index contributed by atoms with van der Waals surface area (Å²) in [5.41, 5.74) is 2.39. The molecule has 0 bridgehead atoms. The van der Waals surface area contributed by atoms with Gasteiger partial charge in [0.1, 0.15) is 19.0 Å². The van der Waals surface area contributed by atoms with Gasteiger partial charge < -0.3 is 14.8 Å². The Hall–Kier alpha value is -1.75. The zero-order chi connectivity index (χ0) is 14.7. The fourth-order valence-corrected chi connectivity index (χ4v) is 2.61. The van der Waals surface area contributed by atoms with Crippen LogP contribution in [0.2, 0.25) is 0 Å². The SMILES string of the molecule is Cc1ccnc(NCCc2ccc3c(c2)OCCO3)c1Br. The number of ether oxygens (including phenoxy) is 2. The van der Waals surface area contributed by atoms with Crippen LogP contribution in [0.15, 0.2) is 34.9 Å². The second-order valence-electron chi connectivity index (χ2n) is 4.95. The van der Waals surface area contributed by atoms with Gasteiger partial charge in [0.15, 0.2) is 11.5 Å². The Kier molecular flexibility index (Phi) is 4.29. The third kappa shape index (κ3) is 3.29. The number of aryl methyl sites for hydroxylation is 1. The van der Waals surface area contributed by atoms with Gasteiger partial charge in [-0.2, -0.15) is 0 Å². The van der Waals surface area contributed by atoms with Crippen LogP contribution in [-0.2, 0) is 6.42 Å². The summed E-state index contributed by atoms with van der Waals surface area (Å²) in [6.07, 6.45) is 2.71. The second kappa shape index (κ2) is 6.35. The molecule has 21 heavy (non-hydrogen) atoms. The van der Waals surface area contributed by atoms with Gasteiger partial charge in [-0.15, -0.1) is 0 Å². The molecule has 0 fully saturated rings. The molecule has 0 atom stereocenters. The summed E-state index contributed by atoms with van der Waals surface area (Å²) in [7, 11) is 0. The van der Waals surface area contributed by atoms with Crippen molar-refractivity contribution in [2.24, 2.45) is 0 Å². The molecule has 1 N–H and O–H groups in total. The molecule has 2 heterocycles. The van der Waals surface area contributed by atoms with E-state index in [1.54, 1.807) is 0 Å². The molecule has 0 aliphatic carbocycles. The van der Waals surface area contributed by atoms with Gasteiger partial charge in [-0.05, 0) is 58.6 Å². The third-order valence-electron chi connectivity index (χ3n) is 3.39. The molecule has 0 saturated heterocycles. The van der Waals surface area contributed by atoms with Crippen molar-refractivity contribution in [3.05, 3.63) is 46.1 Å². The molecule has 1 aromatic heterocycles. The standard InChI is InChI=1S/C16H17BrN2O2/c1-11-4-6-18-16(15(11)17)19-7-5-12-2-3-13-14(10-12)21-9-8-20-13/h2-4,6,10H,5,7-9H2,1H3,(H,18,19). The van der Waals surface area contributed by atoms with E-state index in [0.717, 1.165) is 34.8 Å². The number of nitrogens with zero attached hydrogens (tertiary/aromatic N) is 1. The Morgan fingerprint density at radius 2 is 2.00 bits per heavy atom. The monoisotopic (exact) mass is 348 g/mol. The highest BCUT2D eigenvalue weighted by atomic mass is 79.9. The molecular formula is C16H17BrN2O2. The van der Waals surface area contributed by atoms with Crippen molar-refractivity contribution in [3.8, 4) is 11.5 Å². The minimum absolute atomic E-state index is 0.620. The molecule has 1 aromatic carbocycles. The molecule has 0 spiro atoms. The van der Waals surface area contributed by atoms with Crippen LogP contribution in [-0.4, -0.2) is 24.7 Å². The van der Waals surface area contributed by atoms with Gasteiger partial charge in [0.2, 0.25) is 0 Å². The van der Waals surface area contributed by atoms with E-state index in [1.165, 1.54) is 11.1 Å². The van der Waals surface area contributed by atoms with Crippen molar-refractivity contribution in [2.75, 3.05) is 25.1 Å². The highest BCUT2D eigenvalue weighted by Gasteiger charge is 2.11. The molecule has 0 amide bonds. The lowest BCUT2D eigenvalue weighted by molar-refractivity contribution is 0.171. The zero-order valence-corrected chi connectivity index (χ0v) is 13.4. The van der Waals surface area contributed by atoms with Gasteiger partial charge in [-0.3, -0.25) is 0 Å². The van der Waals surface area contributed by atoms with E-state index < -0.39 is 0 Å². The Balaban J connectivity index is 1.61. The van der Waals surface area contributed by atoms with Gasteiger partial charge in [0, 0.05) is 12.7 Å². The van der Waals surface area contributed by atoms with Crippen molar-refractivity contribution in [1.82, 2.24) is 4.98 Å². The maximum Gasteiger partial charge on any atom is 0.161 e. The maximum atomic E-state index is 5.60. The van der Waals surface area contributed by atoms with Crippen LogP contribution in [0.1, 0.15) is 11.1 Å². The number of aromatic nitrogens is 1. The van der Waals surface area contributed by atoms with Crippen LogP contribution < -0.4 is 14.8 Å². The van der Waals surface area contributed by atoms with Gasteiger partial charge in [0.05, 0.1) is 4.47 Å². The molecule has 1 aliphatic heterocycles. The summed E-state index contributed by atoms with van der Waals surface area (Å²) in [5, 5.41) is 3.35. The van der Waals surface area contributed by atoms with E-state index in [9.17, 15) is 0 Å². The minimum Gasteiger partial charge on any atom is -0.486 e.